The number of hydrogen-bond donors (Lipinski definition) is 0. The SMILES string of the molecule is CC.CC.Cc1nsc2ccncc12.Cc1snc2cnccc12. The molecule has 4 aromatic rings. The van der Waals surface area contributed by atoms with E-state index in [1.807, 2.05) is 52.9 Å². The minimum Gasteiger partial charge on any atom is -0.264 e. The summed E-state index contributed by atoms with van der Waals surface area (Å²) < 4.78 is 9.61. The minimum atomic E-state index is 1.00. The smallest absolute Gasteiger partial charge is 0.103 e. The molecule has 0 aliphatic carbocycles. The van der Waals surface area contributed by atoms with Gasteiger partial charge in [0.1, 0.15) is 5.52 Å². The van der Waals surface area contributed by atoms with Gasteiger partial charge in [-0.1, -0.05) is 27.7 Å². The highest BCUT2D eigenvalue weighted by atomic mass is 32.1. The predicted octanol–water partition coefficient (Wildman–Crippen LogP) is 6.05. The molecular formula is C18H24N4S2. The van der Waals surface area contributed by atoms with Crippen LogP contribution in [0, 0.1) is 13.8 Å². The molecule has 4 nitrogen and oxygen atoms in total. The van der Waals surface area contributed by atoms with E-state index < -0.39 is 0 Å². The molecule has 0 N–H and O–H groups in total. The molecule has 0 aliphatic heterocycles. The van der Waals surface area contributed by atoms with Gasteiger partial charge in [0.15, 0.2) is 0 Å². The van der Waals surface area contributed by atoms with Gasteiger partial charge < -0.3 is 0 Å². The van der Waals surface area contributed by atoms with Gasteiger partial charge in [-0.05, 0) is 49.0 Å². The minimum absolute atomic E-state index is 1.00. The lowest BCUT2D eigenvalue weighted by atomic mass is 10.3. The maximum atomic E-state index is 4.20. The van der Waals surface area contributed by atoms with Crippen LogP contribution in [-0.2, 0) is 0 Å². The van der Waals surface area contributed by atoms with Gasteiger partial charge in [-0.3, -0.25) is 9.97 Å². The summed E-state index contributed by atoms with van der Waals surface area (Å²) in [5.41, 5.74) is 2.08. The van der Waals surface area contributed by atoms with Crippen LogP contribution in [0.1, 0.15) is 38.3 Å². The fourth-order valence-electron chi connectivity index (χ4n) is 1.82. The Kier molecular flexibility index (Phi) is 9.04. The topological polar surface area (TPSA) is 51.6 Å². The van der Waals surface area contributed by atoms with Crippen molar-refractivity contribution in [1.29, 1.82) is 0 Å². The van der Waals surface area contributed by atoms with Crippen molar-refractivity contribution in [3.63, 3.8) is 0 Å². The van der Waals surface area contributed by atoms with Crippen molar-refractivity contribution in [2.75, 3.05) is 0 Å². The van der Waals surface area contributed by atoms with Crippen molar-refractivity contribution in [1.82, 2.24) is 18.7 Å². The third-order valence-corrected chi connectivity index (χ3v) is 4.61. The Labute approximate surface area is 152 Å². The number of nitrogens with zero attached hydrogens (tertiary/aromatic N) is 4. The summed E-state index contributed by atoms with van der Waals surface area (Å²) >= 11 is 3.05. The molecule has 128 valence electrons. The second-order valence-electron chi connectivity index (χ2n) is 4.27. The van der Waals surface area contributed by atoms with Gasteiger partial charge in [0.2, 0.25) is 0 Å². The Balaban J connectivity index is 0.000000199. The molecule has 0 unspecified atom stereocenters. The fourth-order valence-corrected chi connectivity index (χ4v) is 3.23. The third kappa shape index (κ3) is 5.04. The van der Waals surface area contributed by atoms with Crippen LogP contribution in [0.15, 0.2) is 36.9 Å². The van der Waals surface area contributed by atoms with Crippen molar-refractivity contribution in [3.05, 3.63) is 47.5 Å². The molecule has 0 aromatic carbocycles. The molecule has 0 fully saturated rings. The number of hydrogen-bond acceptors (Lipinski definition) is 6. The maximum Gasteiger partial charge on any atom is 0.103 e. The normalized spacial score (nSPS) is 9.25. The van der Waals surface area contributed by atoms with Crippen molar-refractivity contribution in [3.8, 4) is 0 Å². The molecule has 4 aromatic heterocycles. The zero-order valence-corrected chi connectivity index (χ0v) is 16.7. The molecular weight excluding hydrogens is 336 g/mol. The van der Waals surface area contributed by atoms with Gasteiger partial charge in [0.25, 0.3) is 0 Å². The first kappa shape index (κ1) is 20.1. The Morgan fingerprint density at radius 1 is 0.750 bits per heavy atom. The van der Waals surface area contributed by atoms with Gasteiger partial charge in [-0.2, -0.15) is 8.75 Å². The number of rotatable bonds is 0. The van der Waals surface area contributed by atoms with Crippen LogP contribution in [0.3, 0.4) is 0 Å². The Bertz CT molecular complexity index is 780. The molecule has 0 saturated heterocycles. The summed E-state index contributed by atoms with van der Waals surface area (Å²) in [6.07, 6.45) is 7.23. The molecule has 4 heterocycles. The van der Waals surface area contributed by atoms with Crippen molar-refractivity contribution in [2.24, 2.45) is 0 Å². The van der Waals surface area contributed by atoms with Crippen molar-refractivity contribution >= 4 is 44.1 Å². The molecule has 0 aliphatic rings. The van der Waals surface area contributed by atoms with E-state index in [2.05, 4.69) is 25.6 Å². The average molecular weight is 361 g/mol. The molecule has 24 heavy (non-hydrogen) atoms. The second kappa shape index (κ2) is 10.8. The van der Waals surface area contributed by atoms with Crippen LogP contribution < -0.4 is 0 Å². The monoisotopic (exact) mass is 360 g/mol. The van der Waals surface area contributed by atoms with Crippen LogP contribution in [0.2, 0.25) is 0 Å². The van der Waals surface area contributed by atoms with E-state index in [0.29, 0.717) is 0 Å². The quantitative estimate of drug-likeness (QED) is 0.383. The van der Waals surface area contributed by atoms with E-state index in [9.17, 15) is 0 Å². The zero-order valence-electron chi connectivity index (χ0n) is 15.1. The van der Waals surface area contributed by atoms with Gasteiger partial charge in [-0.25, -0.2) is 0 Å². The van der Waals surface area contributed by atoms with Gasteiger partial charge in [-0.15, -0.1) is 0 Å². The Morgan fingerprint density at radius 3 is 2.08 bits per heavy atom. The van der Waals surface area contributed by atoms with Crippen LogP contribution >= 0.6 is 23.1 Å². The van der Waals surface area contributed by atoms with Crippen LogP contribution in [0.4, 0.5) is 0 Å². The summed E-state index contributed by atoms with van der Waals surface area (Å²) in [4.78, 5) is 9.24. The predicted molar refractivity (Wildman–Crippen MR) is 107 cm³/mol. The lowest BCUT2D eigenvalue weighted by Crippen LogP contribution is -1.70. The Hall–Kier alpha value is -1.92. The van der Waals surface area contributed by atoms with E-state index in [1.165, 1.54) is 43.4 Å². The standard InChI is InChI=1S/2C7H6N2S.2C2H6/c1-5-6-4-8-3-2-7(6)10-9-5;1-5-6-2-3-8-4-7(6)9-10-5;2*1-2/h2*2-4H,1H3;2*1-2H3. The van der Waals surface area contributed by atoms with E-state index >= 15 is 0 Å². The first-order valence-corrected chi connectivity index (χ1v) is 9.62. The molecule has 0 amide bonds. The zero-order chi connectivity index (χ0) is 17.9. The average Bonchev–Trinajstić information content (AvgIpc) is 3.23. The summed E-state index contributed by atoms with van der Waals surface area (Å²) in [6.45, 7) is 12.1. The van der Waals surface area contributed by atoms with E-state index in [-0.39, 0.29) is 0 Å². The van der Waals surface area contributed by atoms with E-state index in [0.717, 1.165) is 11.2 Å². The van der Waals surface area contributed by atoms with Gasteiger partial charge in [0, 0.05) is 34.2 Å². The first-order valence-electron chi connectivity index (χ1n) is 8.07. The molecule has 6 heteroatoms. The van der Waals surface area contributed by atoms with E-state index in [4.69, 9.17) is 0 Å². The van der Waals surface area contributed by atoms with Gasteiger partial charge >= 0.3 is 0 Å². The van der Waals surface area contributed by atoms with Crippen LogP contribution in [0.25, 0.3) is 21.0 Å². The highest BCUT2D eigenvalue weighted by molar-refractivity contribution is 7.13. The largest absolute Gasteiger partial charge is 0.264 e. The number of aromatic nitrogens is 4. The first-order chi connectivity index (χ1) is 11.8. The van der Waals surface area contributed by atoms with Crippen molar-refractivity contribution in [2.45, 2.75) is 41.5 Å². The highest BCUT2D eigenvalue weighted by Crippen LogP contribution is 2.20. The lowest BCUT2D eigenvalue weighted by Gasteiger charge is -1.84. The lowest BCUT2D eigenvalue weighted by molar-refractivity contribution is 1.33. The van der Waals surface area contributed by atoms with Crippen molar-refractivity contribution < 1.29 is 0 Å². The maximum absolute atomic E-state index is 4.20. The third-order valence-electron chi connectivity index (χ3n) is 2.91. The summed E-state index contributed by atoms with van der Waals surface area (Å²) in [5, 5.41) is 2.40. The van der Waals surface area contributed by atoms with Crippen LogP contribution in [0.5, 0.6) is 0 Å². The highest BCUT2D eigenvalue weighted by Gasteiger charge is 1.99. The summed E-state index contributed by atoms with van der Waals surface area (Å²) in [6, 6.07) is 3.98. The van der Waals surface area contributed by atoms with Crippen LogP contribution in [-0.4, -0.2) is 18.7 Å². The molecule has 4 rings (SSSR count). The number of fused-ring (bicyclic) bond motifs is 2. The molecule has 0 saturated carbocycles. The fraction of sp³-hybridized carbons (Fsp3) is 0.333. The Morgan fingerprint density at radius 2 is 1.42 bits per heavy atom. The molecule has 0 bridgehead atoms. The number of pyridine rings is 2. The molecule has 0 radical (unpaired) electrons. The van der Waals surface area contributed by atoms with E-state index in [1.54, 1.807) is 18.6 Å². The summed E-state index contributed by atoms with van der Waals surface area (Å²) in [7, 11) is 0. The second-order valence-corrected chi connectivity index (χ2v) is 6.05. The summed E-state index contributed by atoms with van der Waals surface area (Å²) in [5.74, 6) is 0. The molecule has 0 atom stereocenters. The number of aryl methyl sites for hydroxylation is 2. The van der Waals surface area contributed by atoms with Gasteiger partial charge in [0.05, 0.1) is 16.6 Å². The molecule has 0 spiro atoms.